The number of hydrogen-bond donors (Lipinski definition) is 0. The van der Waals surface area contributed by atoms with Crippen molar-refractivity contribution in [1.82, 2.24) is 9.80 Å². The molecule has 0 aromatic rings. The summed E-state index contributed by atoms with van der Waals surface area (Å²) in [5.74, 6) is -0.693. The molecule has 15 heavy (non-hydrogen) atoms. The second-order valence-electron chi connectivity index (χ2n) is 4.41. The van der Waals surface area contributed by atoms with Crippen LogP contribution in [0.15, 0.2) is 12.2 Å². The van der Waals surface area contributed by atoms with E-state index in [4.69, 9.17) is 0 Å². The minimum atomic E-state index is -0.365. The lowest BCUT2D eigenvalue weighted by Crippen LogP contribution is -2.55. The van der Waals surface area contributed by atoms with E-state index in [9.17, 15) is 9.59 Å². The van der Waals surface area contributed by atoms with Gasteiger partial charge in [-0.05, 0) is 19.8 Å². The lowest BCUT2D eigenvalue weighted by molar-refractivity contribution is -0.156. The summed E-state index contributed by atoms with van der Waals surface area (Å²) in [5, 5.41) is 0. The first-order chi connectivity index (χ1) is 7.09. The fraction of sp³-hybridized carbons (Fsp3) is 0.636. The van der Waals surface area contributed by atoms with Crippen molar-refractivity contribution in [3.8, 4) is 0 Å². The quantitative estimate of drug-likeness (QED) is 0.497. The summed E-state index contributed by atoms with van der Waals surface area (Å²) < 4.78 is 0. The van der Waals surface area contributed by atoms with Crippen LogP contribution < -0.4 is 0 Å². The molecular formula is C11H16N2O2. The average molecular weight is 208 g/mol. The lowest BCUT2D eigenvalue weighted by Gasteiger charge is -2.33. The van der Waals surface area contributed by atoms with Gasteiger partial charge in [-0.3, -0.25) is 9.59 Å². The maximum Gasteiger partial charge on any atom is 0.312 e. The third kappa shape index (κ3) is 2.03. The number of amides is 2. The van der Waals surface area contributed by atoms with Crippen molar-refractivity contribution < 1.29 is 9.59 Å². The molecule has 1 saturated carbocycles. The average Bonchev–Trinajstić information content (AvgIpc) is 2.96. The van der Waals surface area contributed by atoms with Gasteiger partial charge in [0.05, 0.1) is 0 Å². The van der Waals surface area contributed by atoms with Gasteiger partial charge >= 0.3 is 11.8 Å². The van der Waals surface area contributed by atoms with Crippen molar-refractivity contribution in [2.24, 2.45) is 0 Å². The van der Waals surface area contributed by atoms with Crippen LogP contribution in [-0.4, -0.2) is 47.3 Å². The van der Waals surface area contributed by atoms with Gasteiger partial charge in [0.15, 0.2) is 0 Å². The van der Waals surface area contributed by atoms with E-state index >= 15 is 0 Å². The van der Waals surface area contributed by atoms with Crippen molar-refractivity contribution in [1.29, 1.82) is 0 Å². The second-order valence-corrected chi connectivity index (χ2v) is 4.41. The molecule has 1 saturated heterocycles. The zero-order valence-electron chi connectivity index (χ0n) is 9.03. The number of hydrogen-bond acceptors (Lipinski definition) is 2. The minimum absolute atomic E-state index is 0.329. The van der Waals surface area contributed by atoms with E-state index in [0.717, 1.165) is 18.4 Å². The Hall–Kier alpha value is -1.32. The zero-order chi connectivity index (χ0) is 11.0. The van der Waals surface area contributed by atoms with Crippen molar-refractivity contribution >= 4 is 11.8 Å². The molecular weight excluding hydrogens is 192 g/mol. The van der Waals surface area contributed by atoms with E-state index < -0.39 is 0 Å². The number of rotatable bonds is 3. The maximum atomic E-state index is 11.7. The molecule has 1 aliphatic carbocycles. The summed E-state index contributed by atoms with van der Waals surface area (Å²) in [5.41, 5.74) is 0.913. The predicted octanol–water partition coefficient (Wildman–Crippen LogP) is 0.396. The van der Waals surface area contributed by atoms with Gasteiger partial charge < -0.3 is 9.80 Å². The molecule has 1 aliphatic heterocycles. The van der Waals surface area contributed by atoms with Crippen molar-refractivity contribution in [2.45, 2.75) is 25.8 Å². The second kappa shape index (κ2) is 3.68. The molecule has 0 unspecified atom stereocenters. The molecule has 0 radical (unpaired) electrons. The van der Waals surface area contributed by atoms with Gasteiger partial charge in [0.2, 0.25) is 0 Å². The molecule has 0 aromatic carbocycles. The summed E-state index contributed by atoms with van der Waals surface area (Å²) in [6.45, 7) is 7.46. The largest absolute Gasteiger partial charge is 0.330 e. The molecule has 2 amide bonds. The smallest absolute Gasteiger partial charge is 0.312 e. The first kappa shape index (κ1) is 10.2. The molecule has 2 rings (SSSR count). The first-order valence-electron chi connectivity index (χ1n) is 5.34. The Labute approximate surface area is 89.5 Å². The molecule has 2 fully saturated rings. The van der Waals surface area contributed by atoms with E-state index in [1.165, 1.54) is 0 Å². The van der Waals surface area contributed by atoms with Crippen molar-refractivity contribution in [3.63, 3.8) is 0 Å². The summed E-state index contributed by atoms with van der Waals surface area (Å²) in [7, 11) is 0. The van der Waals surface area contributed by atoms with Crippen LogP contribution in [0.2, 0.25) is 0 Å². The third-order valence-electron chi connectivity index (χ3n) is 2.79. The highest BCUT2D eigenvalue weighted by Crippen LogP contribution is 2.28. The van der Waals surface area contributed by atoms with Crippen LogP contribution in [0.1, 0.15) is 19.8 Å². The van der Waals surface area contributed by atoms with Crippen LogP contribution in [0.25, 0.3) is 0 Å². The van der Waals surface area contributed by atoms with Crippen molar-refractivity contribution in [2.75, 3.05) is 19.6 Å². The molecule has 0 bridgehead atoms. The Bertz CT molecular complexity index is 321. The van der Waals surface area contributed by atoms with Gasteiger partial charge in [-0.2, -0.15) is 0 Å². The highest BCUT2D eigenvalue weighted by Gasteiger charge is 2.40. The maximum absolute atomic E-state index is 11.7. The Morgan fingerprint density at radius 1 is 1.33 bits per heavy atom. The van der Waals surface area contributed by atoms with Gasteiger partial charge in [0.25, 0.3) is 0 Å². The number of nitrogens with zero attached hydrogens (tertiary/aromatic N) is 2. The molecule has 4 heteroatoms. The van der Waals surface area contributed by atoms with E-state index in [1.807, 2.05) is 6.92 Å². The summed E-state index contributed by atoms with van der Waals surface area (Å²) in [6.07, 6.45) is 2.11. The van der Waals surface area contributed by atoms with Crippen LogP contribution in [0, 0.1) is 0 Å². The van der Waals surface area contributed by atoms with Crippen LogP contribution in [-0.2, 0) is 9.59 Å². The highest BCUT2D eigenvalue weighted by molar-refractivity contribution is 6.35. The Morgan fingerprint density at radius 2 is 2.00 bits per heavy atom. The minimum Gasteiger partial charge on any atom is -0.330 e. The lowest BCUT2D eigenvalue weighted by atomic mass is 10.2. The van der Waals surface area contributed by atoms with Crippen molar-refractivity contribution in [3.05, 3.63) is 12.2 Å². The SMILES string of the molecule is C=C(C)CN1CCN(C2CC2)C(=O)C1=O. The summed E-state index contributed by atoms with van der Waals surface area (Å²) in [6, 6.07) is 0.341. The summed E-state index contributed by atoms with van der Waals surface area (Å²) in [4.78, 5) is 26.7. The fourth-order valence-electron chi connectivity index (χ4n) is 1.90. The molecule has 4 nitrogen and oxygen atoms in total. The molecule has 1 heterocycles. The predicted molar refractivity (Wildman–Crippen MR) is 56.1 cm³/mol. The molecule has 0 N–H and O–H groups in total. The normalized spacial score (nSPS) is 22.2. The number of piperazine rings is 1. The number of carbonyl (C=O) groups excluding carboxylic acids is 2. The Morgan fingerprint density at radius 3 is 2.53 bits per heavy atom. The van der Waals surface area contributed by atoms with Gasteiger partial charge in [-0.1, -0.05) is 12.2 Å². The van der Waals surface area contributed by atoms with E-state index in [2.05, 4.69) is 6.58 Å². The van der Waals surface area contributed by atoms with Gasteiger partial charge in [0.1, 0.15) is 0 Å². The molecule has 82 valence electrons. The third-order valence-corrected chi connectivity index (χ3v) is 2.79. The Balaban J connectivity index is 2.00. The number of carbonyl (C=O) groups is 2. The zero-order valence-corrected chi connectivity index (χ0v) is 9.03. The molecule has 0 spiro atoms. The topological polar surface area (TPSA) is 40.6 Å². The van der Waals surface area contributed by atoms with Gasteiger partial charge in [-0.15, -0.1) is 0 Å². The standard InChI is InChI=1S/C11H16N2O2/c1-8(2)7-12-5-6-13(9-3-4-9)11(15)10(12)14/h9H,1,3-7H2,2H3. The van der Waals surface area contributed by atoms with Crippen LogP contribution >= 0.6 is 0 Å². The van der Waals surface area contributed by atoms with Gasteiger partial charge in [0, 0.05) is 25.7 Å². The monoisotopic (exact) mass is 208 g/mol. The highest BCUT2D eigenvalue weighted by atomic mass is 16.2. The van der Waals surface area contributed by atoms with Crippen LogP contribution in [0.4, 0.5) is 0 Å². The molecule has 2 aliphatic rings. The van der Waals surface area contributed by atoms with Crippen LogP contribution in [0.5, 0.6) is 0 Å². The van der Waals surface area contributed by atoms with Gasteiger partial charge in [-0.25, -0.2) is 0 Å². The van der Waals surface area contributed by atoms with E-state index in [0.29, 0.717) is 25.7 Å². The molecule has 0 aromatic heterocycles. The summed E-state index contributed by atoms with van der Waals surface area (Å²) >= 11 is 0. The fourth-order valence-corrected chi connectivity index (χ4v) is 1.90. The molecule has 0 atom stereocenters. The van der Waals surface area contributed by atoms with E-state index in [1.54, 1.807) is 9.80 Å². The van der Waals surface area contributed by atoms with Crippen LogP contribution in [0.3, 0.4) is 0 Å². The van der Waals surface area contributed by atoms with E-state index in [-0.39, 0.29) is 11.8 Å². The first-order valence-corrected chi connectivity index (χ1v) is 5.34. The Kier molecular flexibility index (Phi) is 2.50.